The van der Waals surface area contributed by atoms with E-state index in [1.54, 1.807) is 18.7 Å². The van der Waals surface area contributed by atoms with Gasteiger partial charge in [0, 0.05) is 30.1 Å². The standard InChI is InChI=1S/C27H28ClFN2O4S/c1-35-19-5-6-23-20(14-19)27(21(28)15-30-23)24(32)7-4-17-8-11-31(16-18(17)13-26(33)34)10-2-3-25-22(29)9-12-36-25/h5-6,9,12,14-15,17-18,24,32H,4,7-8,10-11,13,16H2,1H3,(H,33,34)/t17-,18+,24+/m1/s1. The Morgan fingerprint density at radius 2 is 2.22 bits per heavy atom. The minimum Gasteiger partial charge on any atom is -0.497 e. The van der Waals surface area contributed by atoms with Crippen molar-refractivity contribution in [3.63, 3.8) is 0 Å². The van der Waals surface area contributed by atoms with Gasteiger partial charge in [-0.25, -0.2) is 4.39 Å². The number of aliphatic hydroxyl groups excluding tert-OH is 1. The SMILES string of the molecule is COc1ccc2ncc(Cl)c([C@@H](O)CC[C@@H]3CCN(CC#Cc4sccc4F)C[C@@H]3CC(=O)O)c2c1. The van der Waals surface area contributed by atoms with Crippen molar-refractivity contribution >= 4 is 39.8 Å². The summed E-state index contributed by atoms with van der Waals surface area (Å²) in [4.78, 5) is 18.5. The molecule has 1 fully saturated rings. The van der Waals surface area contributed by atoms with Crippen molar-refractivity contribution in [2.75, 3.05) is 26.7 Å². The molecule has 1 aliphatic heterocycles. The van der Waals surface area contributed by atoms with Gasteiger partial charge in [-0.2, -0.15) is 0 Å². The lowest BCUT2D eigenvalue weighted by Gasteiger charge is -2.37. The second-order valence-electron chi connectivity index (χ2n) is 9.04. The van der Waals surface area contributed by atoms with Crippen LogP contribution >= 0.6 is 22.9 Å². The number of piperidine rings is 1. The van der Waals surface area contributed by atoms with Crippen LogP contribution < -0.4 is 4.74 Å². The number of methoxy groups -OCH3 is 1. The number of benzene rings is 1. The first-order valence-electron chi connectivity index (χ1n) is 11.8. The zero-order valence-corrected chi connectivity index (χ0v) is 21.5. The van der Waals surface area contributed by atoms with Crippen molar-refractivity contribution < 1.29 is 24.1 Å². The van der Waals surface area contributed by atoms with Crippen LogP contribution in [-0.2, 0) is 4.79 Å². The maximum absolute atomic E-state index is 13.6. The number of ether oxygens (including phenoxy) is 1. The van der Waals surface area contributed by atoms with Gasteiger partial charge in [-0.3, -0.25) is 14.7 Å². The summed E-state index contributed by atoms with van der Waals surface area (Å²) >= 11 is 7.71. The molecule has 1 aliphatic rings. The third-order valence-corrected chi connectivity index (χ3v) is 7.85. The van der Waals surface area contributed by atoms with E-state index in [9.17, 15) is 19.4 Å². The number of fused-ring (bicyclic) bond motifs is 1. The predicted molar refractivity (Wildman–Crippen MR) is 139 cm³/mol. The van der Waals surface area contributed by atoms with Crippen molar-refractivity contribution in [2.45, 2.75) is 31.8 Å². The fourth-order valence-corrected chi connectivity index (χ4v) is 5.81. The van der Waals surface area contributed by atoms with E-state index in [0.717, 1.165) is 23.9 Å². The van der Waals surface area contributed by atoms with Gasteiger partial charge < -0.3 is 14.9 Å². The van der Waals surface area contributed by atoms with Crippen LogP contribution in [0.5, 0.6) is 5.75 Å². The van der Waals surface area contributed by atoms with E-state index < -0.39 is 12.1 Å². The van der Waals surface area contributed by atoms with Crippen molar-refractivity contribution in [1.29, 1.82) is 0 Å². The molecule has 2 aromatic heterocycles. The van der Waals surface area contributed by atoms with Crippen molar-refractivity contribution in [2.24, 2.45) is 11.8 Å². The number of hydrogen-bond donors (Lipinski definition) is 2. The molecule has 6 nitrogen and oxygen atoms in total. The molecule has 0 aliphatic carbocycles. The molecule has 2 N–H and O–H groups in total. The number of rotatable bonds is 8. The molecule has 9 heteroatoms. The van der Waals surface area contributed by atoms with E-state index in [0.29, 0.717) is 47.1 Å². The lowest BCUT2D eigenvalue weighted by Crippen LogP contribution is -2.41. The van der Waals surface area contributed by atoms with Crippen LogP contribution in [0.1, 0.15) is 42.2 Å². The Bertz CT molecular complexity index is 1290. The maximum Gasteiger partial charge on any atom is 0.303 e. The van der Waals surface area contributed by atoms with Gasteiger partial charge in [-0.1, -0.05) is 23.4 Å². The lowest BCUT2D eigenvalue weighted by molar-refractivity contribution is -0.139. The number of halogens is 2. The van der Waals surface area contributed by atoms with E-state index >= 15 is 0 Å². The Hall–Kier alpha value is -2.70. The number of aliphatic carboxylic acids is 1. The molecule has 0 unspecified atom stereocenters. The van der Waals surface area contributed by atoms with E-state index in [1.165, 1.54) is 17.4 Å². The summed E-state index contributed by atoms with van der Waals surface area (Å²) in [7, 11) is 1.58. The molecule has 3 aromatic rings. The van der Waals surface area contributed by atoms with E-state index in [1.807, 2.05) is 18.2 Å². The molecule has 0 radical (unpaired) electrons. The number of thiophene rings is 1. The van der Waals surface area contributed by atoms with Crippen molar-refractivity contribution in [1.82, 2.24) is 9.88 Å². The number of aromatic nitrogens is 1. The fraction of sp³-hybridized carbons (Fsp3) is 0.407. The predicted octanol–water partition coefficient (Wildman–Crippen LogP) is 5.38. The van der Waals surface area contributed by atoms with Gasteiger partial charge in [0.2, 0.25) is 0 Å². The summed E-state index contributed by atoms with van der Waals surface area (Å²) in [6.07, 6.45) is 2.71. The third-order valence-electron chi connectivity index (χ3n) is 6.75. The first-order valence-corrected chi connectivity index (χ1v) is 13.1. The van der Waals surface area contributed by atoms with Gasteiger partial charge in [0.15, 0.2) is 0 Å². The zero-order valence-electron chi connectivity index (χ0n) is 19.9. The summed E-state index contributed by atoms with van der Waals surface area (Å²) in [5.74, 6) is 5.48. The summed E-state index contributed by atoms with van der Waals surface area (Å²) in [6, 6.07) is 6.86. The Kier molecular flexibility index (Phi) is 8.81. The third kappa shape index (κ3) is 6.34. The first-order chi connectivity index (χ1) is 17.4. The minimum absolute atomic E-state index is 0.0559. The molecule has 0 saturated carbocycles. The fourth-order valence-electron chi connectivity index (χ4n) is 4.90. The quantitative estimate of drug-likeness (QED) is 0.381. The highest BCUT2D eigenvalue weighted by molar-refractivity contribution is 7.10. The highest BCUT2D eigenvalue weighted by Crippen LogP contribution is 2.37. The van der Waals surface area contributed by atoms with Crippen LogP contribution in [0.4, 0.5) is 4.39 Å². The Morgan fingerprint density at radius 1 is 1.39 bits per heavy atom. The number of carboxylic acids is 1. The summed E-state index contributed by atoms with van der Waals surface area (Å²) < 4.78 is 18.9. The molecular formula is C27H28ClFN2O4S. The maximum atomic E-state index is 13.6. The zero-order chi connectivity index (χ0) is 25.7. The number of nitrogens with zero attached hydrogens (tertiary/aromatic N) is 2. The van der Waals surface area contributed by atoms with Gasteiger partial charge in [0.05, 0.1) is 30.3 Å². The smallest absolute Gasteiger partial charge is 0.303 e. The molecule has 0 spiro atoms. The van der Waals surface area contributed by atoms with Crippen LogP contribution in [0.2, 0.25) is 5.02 Å². The van der Waals surface area contributed by atoms with Crippen LogP contribution in [0.25, 0.3) is 10.9 Å². The molecule has 4 rings (SSSR count). The lowest BCUT2D eigenvalue weighted by atomic mass is 9.79. The Balaban J connectivity index is 1.42. The van der Waals surface area contributed by atoms with Crippen molar-refractivity contribution in [3.8, 4) is 17.6 Å². The van der Waals surface area contributed by atoms with Crippen LogP contribution in [-0.4, -0.2) is 52.8 Å². The highest BCUT2D eigenvalue weighted by atomic mass is 35.5. The van der Waals surface area contributed by atoms with Crippen molar-refractivity contribution in [3.05, 3.63) is 57.1 Å². The second kappa shape index (κ2) is 12.0. The molecule has 0 bridgehead atoms. The largest absolute Gasteiger partial charge is 0.497 e. The molecule has 3 heterocycles. The van der Waals surface area contributed by atoms with Crippen LogP contribution in [0.15, 0.2) is 35.8 Å². The average Bonchev–Trinajstić information content (AvgIpc) is 3.27. The summed E-state index contributed by atoms with van der Waals surface area (Å²) in [5.41, 5.74) is 1.33. The van der Waals surface area contributed by atoms with Crippen LogP contribution in [0, 0.1) is 29.5 Å². The van der Waals surface area contributed by atoms with Gasteiger partial charge in [-0.05, 0) is 67.3 Å². The number of pyridine rings is 1. The van der Waals surface area contributed by atoms with E-state index in [4.69, 9.17) is 16.3 Å². The normalized spacial score (nSPS) is 19.0. The number of aliphatic hydroxyl groups is 1. The number of carboxylic acid groups (broad SMARTS) is 1. The van der Waals surface area contributed by atoms with E-state index in [-0.39, 0.29) is 24.1 Å². The topological polar surface area (TPSA) is 82.9 Å². The number of carbonyl (C=O) groups is 1. The second-order valence-corrected chi connectivity index (χ2v) is 10.4. The van der Waals surface area contributed by atoms with Gasteiger partial charge in [-0.15, -0.1) is 11.3 Å². The minimum atomic E-state index is -0.839. The van der Waals surface area contributed by atoms with Gasteiger partial charge >= 0.3 is 5.97 Å². The first kappa shape index (κ1) is 26.4. The van der Waals surface area contributed by atoms with Gasteiger partial charge in [0.25, 0.3) is 0 Å². The van der Waals surface area contributed by atoms with E-state index in [2.05, 4.69) is 21.7 Å². The number of hydrogen-bond acceptors (Lipinski definition) is 6. The molecule has 190 valence electrons. The molecule has 0 amide bonds. The average molecular weight is 531 g/mol. The monoisotopic (exact) mass is 530 g/mol. The summed E-state index contributed by atoms with van der Waals surface area (Å²) in [5, 5.41) is 23.4. The molecule has 1 saturated heterocycles. The Morgan fingerprint density at radius 3 is 2.94 bits per heavy atom. The number of likely N-dealkylation sites (tertiary alicyclic amines) is 1. The molecule has 3 atom stereocenters. The highest BCUT2D eigenvalue weighted by Gasteiger charge is 2.31. The molecule has 1 aromatic carbocycles. The molecule has 36 heavy (non-hydrogen) atoms. The van der Waals surface area contributed by atoms with Gasteiger partial charge in [0.1, 0.15) is 16.4 Å². The Labute approximate surface area is 218 Å². The van der Waals surface area contributed by atoms with Crippen LogP contribution in [0.3, 0.4) is 0 Å². The molecular weight excluding hydrogens is 503 g/mol. The summed E-state index contributed by atoms with van der Waals surface area (Å²) in [6.45, 7) is 1.84.